The SMILES string of the molecule is CC(=O)N1CC(C)Oc2ccc(C(=O)CCC(=O)O)cc21. The lowest BCUT2D eigenvalue weighted by atomic mass is 10.0. The first-order valence-electron chi connectivity index (χ1n) is 6.72. The van der Waals surface area contributed by atoms with Gasteiger partial charge < -0.3 is 14.7 Å². The molecule has 0 saturated heterocycles. The minimum atomic E-state index is -1.01. The number of nitrogens with zero attached hydrogens (tertiary/aromatic N) is 1. The van der Waals surface area contributed by atoms with Crippen molar-refractivity contribution in [2.24, 2.45) is 0 Å². The van der Waals surface area contributed by atoms with Crippen LogP contribution in [0.3, 0.4) is 0 Å². The molecule has 0 saturated carbocycles. The summed E-state index contributed by atoms with van der Waals surface area (Å²) in [5, 5.41) is 8.62. The van der Waals surface area contributed by atoms with Gasteiger partial charge in [-0.1, -0.05) is 0 Å². The Morgan fingerprint density at radius 3 is 2.67 bits per heavy atom. The summed E-state index contributed by atoms with van der Waals surface area (Å²) in [5.41, 5.74) is 0.946. The second kappa shape index (κ2) is 5.95. The average molecular weight is 291 g/mol. The monoisotopic (exact) mass is 291 g/mol. The zero-order chi connectivity index (χ0) is 15.6. The summed E-state index contributed by atoms with van der Waals surface area (Å²) in [6.07, 6.45) is -0.388. The third kappa shape index (κ3) is 3.39. The van der Waals surface area contributed by atoms with Gasteiger partial charge in [0.15, 0.2) is 5.78 Å². The molecule has 1 atom stereocenters. The summed E-state index contributed by atoms with van der Waals surface area (Å²) in [7, 11) is 0. The highest BCUT2D eigenvalue weighted by molar-refractivity contribution is 6.01. The van der Waals surface area contributed by atoms with Crippen LogP contribution in [-0.4, -0.2) is 35.4 Å². The number of carbonyl (C=O) groups is 3. The standard InChI is InChI=1S/C15H17NO5/c1-9-8-16(10(2)17)12-7-11(3-5-14(12)21-9)13(18)4-6-15(19)20/h3,5,7,9H,4,6,8H2,1-2H3,(H,19,20). The molecule has 0 radical (unpaired) electrons. The first kappa shape index (κ1) is 15.0. The largest absolute Gasteiger partial charge is 0.487 e. The van der Waals surface area contributed by atoms with E-state index in [-0.39, 0.29) is 30.6 Å². The molecule has 21 heavy (non-hydrogen) atoms. The van der Waals surface area contributed by atoms with Gasteiger partial charge in [0.1, 0.15) is 11.9 Å². The number of carboxylic acids is 1. The fourth-order valence-electron chi connectivity index (χ4n) is 2.27. The molecule has 0 fully saturated rings. The van der Waals surface area contributed by atoms with E-state index < -0.39 is 5.97 Å². The number of carboxylic acid groups (broad SMARTS) is 1. The number of Topliss-reactive ketones (excluding diaryl/α,β-unsaturated/α-hetero) is 1. The highest BCUT2D eigenvalue weighted by Crippen LogP contribution is 2.34. The van der Waals surface area contributed by atoms with Crippen molar-refractivity contribution in [3.05, 3.63) is 23.8 Å². The molecular formula is C15H17NO5. The number of benzene rings is 1. The normalized spacial score (nSPS) is 16.9. The Kier molecular flexibility index (Phi) is 4.26. The van der Waals surface area contributed by atoms with Gasteiger partial charge in [-0.05, 0) is 25.1 Å². The summed E-state index contributed by atoms with van der Waals surface area (Å²) in [6.45, 7) is 3.75. The van der Waals surface area contributed by atoms with Gasteiger partial charge in [-0.2, -0.15) is 0 Å². The molecule has 1 heterocycles. The van der Waals surface area contributed by atoms with Gasteiger partial charge in [-0.15, -0.1) is 0 Å². The number of ketones is 1. The zero-order valence-corrected chi connectivity index (χ0v) is 12.0. The summed E-state index contributed by atoms with van der Waals surface area (Å²) < 4.78 is 5.65. The lowest BCUT2D eigenvalue weighted by Crippen LogP contribution is -2.41. The van der Waals surface area contributed by atoms with E-state index in [4.69, 9.17) is 9.84 Å². The lowest BCUT2D eigenvalue weighted by molar-refractivity contribution is -0.137. The molecule has 1 aromatic carbocycles. The molecule has 6 nitrogen and oxygen atoms in total. The summed E-state index contributed by atoms with van der Waals surface area (Å²) in [5.74, 6) is -0.841. The van der Waals surface area contributed by atoms with Crippen LogP contribution in [0.25, 0.3) is 0 Å². The van der Waals surface area contributed by atoms with Gasteiger partial charge in [0, 0.05) is 18.9 Å². The van der Waals surface area contributed by atoms with Crippen LogP contribution in [0, 0.1) is 0 Å². The minimum Gasteiger partial charge on any atom is -0.487 e. The van der Waals surface area contributed by atoms with E-state index >= 15 is 0 Å². The van der Waals surface area contributed by atoms with E-state index in [9.17, 15) is 14.4 Å². The first-order valence-corrected chi connectivity index (χ1v) is 6.72. The third-order valence-corrected chi connectivity index (χ3v) is 3.29. The molecule has 2 rings (SSSR count). The van der Waals surface area contributed by atoms with E-state index in [1.807, 2.05) is 6.92 Å². The smallest absolute Gasteiger partial charge is 0.303 e. The van der Waals surface area contributed by atoms with E-state index in [2.05, 4.69) is 0 Å². The van der Waals surface area contributed by atoms with Crippen molar-refractivity contribution in [2.75, 3.05) is 11.4 Å². The van der Waals surface area contributed by atoms with Crippen molar-refractivity contribution < 1.29 is 24.2 Å². The van der Waals surface area contributed by atoms with Crippen molar-refractivity contribution in [3.63, 3.8) is 0 Å². The van der Waals surface area contributed by atoms with Crippen molar-refractivity contribution in [2.45, 2.75) is 32.8 Å². The zero-order valence-electron chi connectivity index (χ0n) is 12.0. The molecule has 1 aliphatic heterocycles. The van der Waals surface area contributed by atoms with Crippen molar-refractivity contribution in [1.29, 1.82) is 0 Å². The van der Waals surface area contributed by atoms with Crippen molar-refractivity contribution in [3.8, 4) is 5.75 Å². The number of fused-ring (bicyclic) bond motifs is 1. The van der Waals surface area contributed by atoms with Crippen LogP contribution in [0.5, 0.6) is 5.75 Å². The number of carbonyl (C=O) groups excluding carboxylic acids is 2. The fourth-order valence-corrected chi connectivity index (χ4v) is 2.27. The van der Waals surface area contributed by atoms with Crippen LogP contribution in [-0.2, 0) is 9.59 Å². The molecule has 1 aromatic rings. The number of aliphatic carboxylic acids is 1. The minimum absolute atomic E-state index is 0.0640. The molecule has 1 N–H and O–H groups in total. The number of ether oxygens (including phenoxy) is 1. The van der Waals surface area contributed by atoms with Crippen LogP contribution in [0.2, 0.25) is 0 Å². The first-order chi connectivity index (χ1) is 9.88. The van der Waals surface area contributed by atoms with E-state index in [0.717, 1.165) is 0 Å². The molecular weight excluding hydrogens is 274 g/mol. The maximum Gasteiger partial charge on any atom is 0.303 e. The van der Waals surface area contributed by atoms with Crippen LogP contribution < -0.4 is 9.64 Å². The molecule has 1 amide bonds. The van der Waals surface area contributed by atoms with Gasteiger partial charge in [-0.3, -0.25) is 14.4 Å². The highest BCUT2D eigenvalue weighted by atomic mass is 16.5. The number of anilines is 1. The van der Waals surface area contributed by atoms with Gasteiger partial charge in [0.2, 0.25) is 5.91 Å². The Hall–Kier alpha value is -2.37. The Morgan fingerprint density at radius 1 is 1.33 bits per heavy atom. The van der Waals surface area contributed by atoms with Gasteiger partial charge in [0.25, 0.3) is 0 Å². The van der Waals surface area contributed by atoms with Gasteiger partial charge in [0.05, 0.1) is 18.7 Å². The Morgan fingerprint density at radius 2 is 2.05 bits per heavy atom. The maximum absolute atomic E-state index is 12.0. The quantitative estimate of drug-likeness (QED) is 0.856. The van der Waals surface area contributed by atoms with Gasteiger partial charge >= 0.3 is 5.97 Å². The lowest BCUT2D eigenvalue weighted by Gasteiger charge is -2.33. The van der Waals surface area contributed by atoms with Crippen LogP contribution in [0.15, 0.2) is 18.2 Å². The van der Waals surface area contributed by atoms with E-state index in [1.54, 1.807) is 23.1 Å². The van der Waals surface area contributed by atoms with E-state index in [1.165, 1.54) is 6.92 Å². The van der Waals surface area contributed by atoms with Crippen LogP contribution >= 0.6 is 0 Å². The van der Waals surface area contributed by atoms with Gasteiger partial charge in [-0.25, -0.2) is 0 Å². The molecule has 112 valence electrons. The second-order valence-corrected chi connectivity index (χ2v) is 5.06. The van der Waals surface area contributed by atoms with Crippen LogP contribution in [0.1, 0.15) is 37.0 Å². The second-order valence-electron chi connectivity index (χ2n) is 5.06. The van der Waals surface area contributed by atoms with Crippen molar-refractivity contribution >= 4 is 23.3 Å². The van der Waals surface area contributed by atoms with Crippen LogP contribution in [0.4, 0.5) is 5.69 Å². The fraction of sp³-hybridized carbons (Fsp3) is 0.400. The summed E-state index contributed by atoms with van der Waals surface area (Å²) in [4.78, 5) is 35.8. The number of amides is 1. The Bertz CT molecular complexity index is 596. The average Bonchev–Trinajstić information content (AvgIpc) is 2.43. The number of rotatable bonds is 4. The molecule has 1 unspecified atom stereocenters. The topological polar surface area (TPSA) is 83.9 Å². The molecule has 0 bridgehead atoms. The number of hydrogen-bond donors (Lipinski definition) is 1. The molecule has 1 aliphatic rings. The van der Waals surface area contributed by atoms with E-state index in [0.29, 0.717) is 23.5 Å². The molecule has 0 aromatic heterocycles. The Labute approximate surface area is 122 Å². The number of hydrogen-bond acceptors (Lipinski definition) is 4. The van der Waals surface area contributed by atoms with Crippen molar-refractivity contribution in [1.82, 2.24) is 0 Å². The maximum atomic E-state index is 12.0. The predicted molar refractivity (Wildman–Crippen MR) is 75.8 cm³/mol. The highest BCUT2D eigenvalue weighted by Gasteiger charge is 2.26. The summed E-state index contributed by atoms with van der Waals surface area (Å²) >= 11 is 0. The molecule has 0 aliphatic carbocycles. The molecule has 6 heteroatoms. The third-order valence-electron chi connectivity index (χ3n) is 3.29. The predicted octanol–water partition coefficient (Wildman–Crippen LogP) is 1.87. The molecule has 0 spiro atoms. The Balaban J connectivity index is 2.28. The summed E-state index contributed by atoms with van der Waals surface area (Å²) in [6, 6.07) is 4.83.